The van der Waals surface area contributed by atoms with Gasteiger partial charge in [-0.25, -0.2) is 4.98 Å². The number of para-hydroxylation sites is 2. The van der Waals surface area contributed by atoms with Gasteiger partial charge in [-0.3, -0.25) is 4.79 Å². The number of hydrogen-bond acceptors (Lipinski definition) is 3. The fourth-order valence-electron chi connectivity index (χ4n) is 2.57. The number of carbonyl (C=O) groups is 1. The zero-order valence-electron chi connectivity index (χ0n) is 12.8. The lowest BCUT2D eigenvalue weighted by molar-refractivity contribution is 0.0932. The van der Waals surface area contributed by atoms with E-state index in [1.165, 1.54) is 0 Å². The number of nitrogens with zero attached hydrogens (tertiary/aromatic N) is 1. The molecule has 118 valence electrons. The first-order valence-corrected chi connectivity index (χ1v) is 7.78. The number of benzene rings is 2. The minimum Gasteiger partial charge on any atom is -0.342 e. The van der Waals surface area contributed by atoms with Gasteiger partial charge in [-0.05, 0) is 43.7 Å². The van der Waals surface area contributed by atoms with E-state index in [9.17, 15) is 4.79 Å². The first kappa shape index (κ1) is 15.2. The maximum absolute atomic E-state index is 12.4. The molecule has 0 saturated carbocycles. The van der Waals surface area contributed by atoms with Crippen molar-refractivity contribution >= 4 is 16.9 Å². The number of rotatable bonds is 6. The van der Waals surface area contributed by atoms with E-state index in [1.807, 2.05) is 42.5 Å². The number of aromatic amines is 1. The number of nitrogens with two attached hydrogens (primary N) is 1. The Hall–Kier alpha value is -2.66. The fraction of sp³-hybridized carbons (Fsp3) is 0.222. The number of imidazole rings is 1. The standard InChI is InChI=1S/C18H20N4O/c19-12-6-11-16(22-18(23)13-7-2-1-3-8-13)17-20-14-9-4-5-10-15(14)21-17/h1-5,7-10,16H,6,11-12,19H2,(H,20,21)(H,22,23)/t16-/m0/s1. The van der Waals surface area contributed by atoms with Crippen LogP contribution < -0.4 is 11.1 Å². The third-order valence-corrected chi connectivity index (χ3v) is 3.78. The van der Waals surface area contributed by atoms with Crippen LogP contribution in [0.2, 0.25) is 0 Å². The summed E-state index contributed by atoms with van der Waals surface area (Å²) in [6.45, 7) is 0.581. The summed E-state index contributed by atoms with van der Waals surface area (Å²) in [6.07, 6.45) is 1.56. The molecule has 0 saturated heterocycles. The van der Waals surface area contributed by atoms with Crippen LogP contribution in [0.4, 0.5) is 0 Å². The number of carbonyl (C=O) groups excluding carboxylic acids is 1. The summed E-state index contributed by atoms with van der Waals surface area (Å²) in [5.74, 6) is 0.664. The van der Waals surface area contributed by atoms with E-state index in [1.54, 1.807) is 12.1 Å². The molecular weight excluding hydrogens is 288 g/mol. The molecule has 0 aliphatic rings. The molecule has 23 heavy (non-hydrogen) atoms. The van der Waals surface area contributed by atoms with E-state index in [0.717, 1.165) is 29.7 Å². The molecule has 0 spiro atoms. The maximum atomic E-state index is 12.4. The monoisotopic (exact) mass is 308 g/mol. The lowest BCUT2D eigenvalue weighted by atomic mass is 10.1. The molecule has 4 N–H and O–H groups in total. The van der Waals surface area contributed by atoms with E-state index >= 15 is 0 Å². The molecule has 0 fully saturated rings. The Bertz CT molecular complexity index is 749. The molecule has 0 bridgehead atoms. The number of amides is 1. The Morgan fingerprint density at radius 3 is 2.61 bits per heavy atom. The molecule has 0 aliphatic heterocycles. The number of fused-ring (bicyclic) bond motifs is 1. The van der Waals surface area contributed by atoms with Crippen LogP contribution in [0.1, 0.15) is 35.1 Å². The second-order valence-electron chi connectivity index (χ2n) is 5.46. The van der Waals surface area contributed by atoms with Gasteiger partial charge < -0.3 is 16.0 Å². The summed E-state index contributed by atoms with van der Waals surface area (Å²) in [5.41, 5.74) is 8.13. The van der Waals surface area contributed by atoms with Crippen LogP contribution in [-0.2, 0) is 0 Å². The molecule has 1 amide bonds. The minimum atomic E-state index is -0.182. The molecule has 1 heterocycles. The van der Waals surface area contributed by atoms with Gasteiger partial charge in [0.2, 0.25) is 0 Å². The lowest BCUT2D eigenvalue weighted by Crippen LogP contribution is -2.29. The molecular formula is C18H20N4O. The topological polar surface area (TPSA) is 83.8 Å². The Kier molecular flexibility index (Phi) is 4.68. The fourth-order valence-corrected chi connectivity index (χ4v) is 2.57. The maximum Gasteiger partial charge on any atom is 0.251 e. The zero-order chi connectivity index (χ0) is 16.1. The normalized spacial score (nSPS) is 12.2. The largest absolute Gasteiger partial charge is 0.342 e. The Labute approximate surface area is 134 Å². The van der Waals surface area contributed by atoms with Crippen molar-refractivity contribution in [3.05, 3.63) is 66.0 Å². The molecule has 2 aromatic carbocycles. The second kappa shape index (κ2) is 7.07. The van der Waals surface area contributed by atoms with Crippen LogP contribution in [0.15, 0.2) is 54.6 Å². The zero-order valence-corrected chi connectivity index (χ0v) is 12.8. The van der Waals surface area contributed by atoms with Crippen molar-refractivity contribution in [1.82, 2.24) is 15.3 Å². The molecule has 1 atom stereocenters. The predicted molar refractivity (Wildman–Crippen MR) is 91.0 cm³/mol. The van der Waals surface area contributed by atoms with Crippen LogP contribution in [0.25, 0.3) is 11.0 Å². The van der Waals surface area contributed by atoms with E-state index < -0.39 is 0 Å². The van der Waals surface area contributed by atoms with Gasteiger partial charge in [-0.15, -0.1) is 0 Å². The molecule has 0 unspecified atom stereocenters. The average molecular weight is 308 g/mol. The van der Waals surface area contributed by atoms with Crippen molar-refractivity contribution < 1.29 is 4.79 Å². The minimum absolute atomic E-state index is 0.104. The van der Waals surface area contributed by atoms with Crippen LogP contribution in [0.5, 0.6) is 0 Å². The second-order valence-corrected chi connectivity index (χ2v) is 5.46. The third kappa shape index (κ3) is 3.57. The molecule has 3 aromatic rings. The van der Waals surface area contributed by atoms with Gasteiger partial charge in [-0.2, -0.15) is 0 Å². The molecule has 5 heteroatoms. The first-order valence-electron chi connectivity index (χ1n) is 7.78. The van der Waals surface area contributed by atoms with Gasteiger partial charge in [0.05, 0.1) is 17.1 Å². The van der Waals surface area contributed by atoms with Crippen molar-refractivity contribution in [3.63, 3.8) is 0 Å². The van der Waals surface area contributed by atoms with E-state index in [2.05, 4.69) is 15.3 Å². The van der Waals surface area contributed by atoms with Crippen molar-refractivity contribution in [2.45, 2.75) is 18.9 Å². The van der Waals surface area contributed by atoms with Gasteiger partial charge in [0.15, 0.2) is 0 Å². The van der Waals surface area contributed by atoms with Crippen molar-refractivity contribution in [2.24, 2.45) is 5.73 Å². The van der Waals surface area contributed by atoms with Crippen molar-refractivity contribution in [3.8, 4) is 0 Å². The van der Waals surface area contributed by atoms with Crippen LogP contribution in [0, 0.1) is 0 Å². The number of aromatic nitrogens is 2. The van der Waals surface area contributed by atoms with Gasteiger partial charge >= 0.3 is 0 Å². The highest BCUT2D eigenvalue weighted by Gasteiger charge is 2.18. The summed E-state index contributed by atoms with van der Waals surface area (Å²) >= 11 is 0. The van der Waals surface area contributed by atoms with E-state index in [0.29, 0.717) is 12.1 Å². The number of hydrogen-bond donors (Lipinski definition) is 3. The Morgan fingerprint density at radius 1 is 1.13 bits per heavy atom. The van der Waals surface area contributed by atoms with Gasteiger partial charge in [0, 0.05) is 5.56 Å². The summed E-state index contributed by atoms with van der Waals surface area (Å²) in [6, 6.07) is 16.9. The number of H-pyrrole nitrogens is 1. The summed E-state index contributed by atoms with van der Waals surface area (Å²) < 4.78 is 0. The molecule has 5 nitrogen and oxygen atoms in total. The van der Waals surface area contributed by atoms with Crippen molar-refractivity contribution in [2.75, 3.05) is 6.54 Å². The van der Waals surface area contributed by atoms with Gasteiger partial charge in [0.1, 0.15) is 5.82 Å². The summed E-state index contributed by atoms with van der Waals surface area (Å²) in [7, 11) is 0. The SMILES string of the molecule is NCCC[C@H](NC(=O)c1ccccc1)c1nc2ccccc2[nH]1. The Morgan fingerprint density at radius 2 is 1.87 bits per heavy atom. The molecule has 0 aliphatic carbocycles. The van der Waals surface area contributed by atoms with E-state index in [-0.39, 0.29) is 11.9 Å². The predicted octanol–water partition coefficient (Wildman–Crippen LogP) is 2.77. The van der Waals surface area contributed by atoms with E-state index in [4.69, 9.17) is 5.73 Å². The lowest BCUT2D eigenvalue weighted by Gasteiger charge is -2.16. The molecule has 1 aromatic heterocycles. The highest BCUT2D eigenvalue weighted by atomic mass is 16.1. The van der Waals surface area contributed by atoms with Crippen LogP contribution in [-0.4, -0.2) is 22.4 Å². The summed E-state index contributed by atoms with van der Waals surface area (Å²) in [4.78, 5) is 20.3. The van der Waals surface area contributed by atoms with Gasteiger partial charge in [-0.1, -0.05) is 30.3 Å². The van der Waals surface area contributed by atoms with Crippen LogP contribution in [0.3, 0.4) is 0 Å². The summed E-state index contributed by atoms with van der Waals surface area (Å²) in [5, 5.41) is 3.06. The quantitative estimate of drug-likeness (QED) is 0.654. The highest BCUT2D eigenvalue weighted by Crippen LogP contribution is 2.20. The Balaban J connectivity index is 1.83. The van der Waals surface area contributed by atoms with Crippen molar-refractivity contribution in [1.29, 1.82) is 0 Å². The smallest absolute Gasteiger partial charge is 0.251 e. The van der Waals surface area contributed by atoms with Gasteiger partial charge in [0.25, 0.3) is 5.91 Å². The molecule has 0 radical (unpaired) electrons. The first-order chi connectivity index (χ1) is 11.3. The average Bonchev–Trinajstić information content (AvgIpc) is 3.03. The molecule has 3 rings (SSSR count). The third-order valence-electron chi connectivity index (χ3n) is 3.78. The van der Waals surface area contributed by atoms with Crippen LogP contribution >= 0.6 is 0 Å². The highest BCUT2D eigenvalue weighted by molar-refractivity contribution is 5.94. The number of nitrogens with one attached hydrogen (secondary N) is 2.